The molecule has 5 atom stereocenters. The summed E-state index contributed by atoms with van der Waals surface area (Å²) in [7, 11) is 0. The molecule has 0 aromatic heterocycles. The van der Waals surface area contributed by atoms with E-state index < -0.39 is 0 Å². The largest absolute Gasteiger partial charge is 0.393 e. The molecule has 0 heterocycles. The predicted molar refractivity (Wildman–Crippen MR) is 59.0 cm³/mol. The van der Waals surface area contributed by atoms with E-state index in [9.17, 15) is 5.11 Å². The van der Waals surface area contributed by atoms with Crippen LogP contribution in [0.2, 0.25) is 0 Å². The van der Waals surface area contributed by atoms with Gasteiger partial charge in [0.2, 0.25) is 0 Å². The first kappa shape index (κ1) is 10.5. The van der Waals surface area contributed by atoms with Crippen molar-refractivity contribution < 1.29 is 5.11 Å². The molecule has 1 nitrogen and oxygen atoms in total. The molecule has 0 bridgehead atoms. The van der Waals surface area contributed by atoms with E-state index in [0.717, 1.165) is 24.2 Å². The van der Waals surface area contributed by atoms with Crippen molar-refractivity contribution in [2.75, 3.05) is 0 Å². The van der Waals surface area contributed by atoms with Crippen molar-refractivity contribution in [2.24, 2.45) is 23.2 Å². The summed E-state index contributed by atoms with van der Waals surface area (Å²) in [6.07, 6.45) is 6.13. The molecule has 82 valence electrons. The number of aliphatic hydroxyl groups excluding tert-OH is 1. The van der Waals surface area contributed by atoms with Crippen LogP contribution in [0.1, 0.15) is 52.9 Å². The maximum Gasteiger partial charge on any atom is 0.0596 e. The number of rotatable bonds is 0. The summed E-state index contributed by atoms with van der Waals surface area (Å²) in [5.74, 6) is 2.47. The lowest BCUT2D eigenvalue weighted by molar-refractivity contribution is -0.0973. The van der Waals surface area contributed by atoms with Gasteiger partial charge in [-0.05, 0) is 48.9 Å². The maximum atomic E-state index is 10.2. The van der Waals surface area contributed by atoms with E-state index in [-0.39, 0.29) is 11.5 Å². The quantitative estimate of drug-likeness (QED) is 0.630. The summed E-state index contributed by atoms with van der Waals surface area (Å²) >= 11 is 0. The first-order valence-electron chi connectivity index (χ1n) is 6.22. The lowest BCUT2D eigenvalue weighted by Gasteiger charge is -2.52. The average molecular weight is 196 g/mol. The molecule has 14 heavy (non-hydrogen) atoms. The molecular formula is C13H24O. The van der Waals surface area contributed by atoms with E-state index in [0.29, 0.717) is 0 Å². The third-order valence-corrected chi connectivity index (χ3v) is 5.02. The Morgan fingerprint density at radius 1 is 1.14 bits per heavy atom. The Hall–Kier alpha value is -0.0400. The minimum Gasteiger partial charge on any atom is -0.393 e. The standard InChI is InChI=1S/C13H24O/c1-9-6-7-13(3)11(8-9)10(2)4-5-12(13)14/h9-12,14H,4-8H2,1-3H3. The van der Waals surface area contributed by atoms with Gasteiger partial charge in [0, 0.05) is 0 Å². The molecule has 5 unspecified atom stereocenters. The van der Waals surface area contributed by atoms with Gasteiger partial charge in [0.05, 0.1) is 6.10 Å². The highest BCUT2D eigenvalue weighted by Crippen LogP contribution is 2.53. The van der Waals surface area contributed by atoms with Gasteiger partial charge in [-0.1, -0.05) is 27.2 Å². The molecule has 2 aliphatic carbocycles. The van der Waals surface area contributed by atoms with Gasteiger partial charge in [-0.15, -0.1) is 0 Å². The van der Waals surface area contributed by atoms with Crippen LogP contribution in [-0.4, -0.2) is 11.2 Å². The predicted octanol–water partition coefficient (Wildman–Crippen LogP) is 3.22. The molecule has 1 heteroatoms. The normalized spacial score (nSPS) is 54.0. The molecule has 2 saturated carbocycles. The van der Waals surface area contributed by atoms with Crippen LogP contribution >= 0.6 is 0 Å². The van der Waals surface area contributed by atoms with Gasteiger partial charge in [-0.3, -0.25) is 0 Å². The SMILES string of the molecule is CC1CCC2(C)C(O)CCC(C)C2C1. The Morgan fingerprint density at radius 3 is 2.57 bits per heavy atom. The Morgan fingerprint density at radius 2 is 1.86 bits per heavy atom. The van der Waals surface area contributed by atoms with E-state index in [2.05, 4.69) is 20.8 Å². The molecule has 0 saturated heterocycles. The molecular weight excluding hydrogens is 172 g/mol. The number of fused-ring (bicyclic) bond motifs is 1. The van der Waals surface area contributed by atoms with E-state index in [4.69, 9.17) is 0 Å². The van der Waals surface area contributed by atoms with Crippen molar-refractivity contribution in [1.82, 2.24) is 0 Å². The lowest BCUT2D eigenvalue weighted by atomic mass is 9.54. The highest BCUT2D eigenvalue weighted by Gasteiger charge is 2.48. The fourth-order valence-corrected chi connectivity index (χ4v) is 3.81. The monoisotopic (exact) mass is 196 g/mol. The minimum absolute atomic E-state index is 0.0313. The highest BCUT2D eigenvalue weighted by atomic mass is 16.3. The van der Waals surface area contributed by atoms with Crippen molar-refractivity contribution in [3.05, 3.63) is 0 Å². The van der Waals surface area contributed by atoms with Crippen molar-refractivity contribution in [3.63, 3.8) is 0 Å². The zero-order valence-corrected chi connectivity index (χ0v) is 9.79. The van der Waals surface area contributed by atoms with Crippen LogP contribution in [0.4, 0.5) is 0 Å². The van der Waals surface area contributed by atoms with Crippen molar-refractivity contribution in [3.8, 4) is 0 Å². The Labute approximate surface area is 87.9 Å². The summed E-state index contributed by atoms with van der Waals surface area (Å²) in [5.41, 5.74) is 0.240. The summed E-state index contributed by atoms with van der Waals surface area (Å²) in [4.78, 5) is 0. The van der Waals surface area contributed by atoms with Gasteiger partial charge < -0.3 is 5.11 Å². The smallest absolute Gasteiger partial charge is 0.0596 e. The van der Waals surface area contributed by atoms with Gasteiger partial charge >= 0.3 is 0 Å². The average Bonchev–Trinajstić information content (AvgIpc) is 2.16. The minimum atomic E-state index is -0.0313. The van der Waals surface area contributed by atoms with E-state index in [1.54, 1.807) is 0 Å². The molecule has 0 aliphatic heterocycles. The van der Waals surface area contributed by atoms with Crippen LogP contribution in [0.25, 0.3) is 0 Å². The van der Waals surface area contributed by atoms with Crippen molar-refractivity contribution in [1.29, 1.82) is 0 Å². The van der Waals surface area contributed by atoms with Gasteiger partial charge in [0.25, 0.3) is 0 Å². The van der Waals surface area contributed by atoms with Crippen LogP contribution in [0.15, 0.2) is 0 Å². The molecule has 2 fully saturated rings. The van der Waals surface area contributed by atoms with Crippen molar-refractivity contribution >= 4 is 0 Å². The molecule has 1 N–H and O–H groups in total. The first-order valence-corrected chi connectivity index (χ1v) is 6.22. The summed E-state index contributed by atoms with van der Waals surface area (Å²) in [5, 5.41) is 10.2. The van der Waals surface area contributed by atoms with Crippen LogP contribution in [0, 0.1) is 23.2 Å². The maximum absolute atomic E-state index is 10.2. The zero-order chi connectivity index (χ0) is 10.3. The third kappa shape index (κ3) is 1.50. The second-order valence-electron chi connectivity index (χ2n) is 6.06. The Balaban J connectivity index is 2.19. The zero-order valence-electron chi connectivity index (χ0n) is 9.79. The second kappa shape index (κ2) is 3.52. The number of hydrogen-bond acceptors (Lipinski definition) is 1. The topological polar surface area (TPSA) is 20.2 Å². The number of aliphatic hydroxyl groups is 1. The van der Waals surface area contributed by atoms with E-state index in [1.165, 1.54) is 25.7 Å². The van der Waals surface area contributed by atoms with Crippen LogP contribution in [0.5, 0.6) is 0 Å². The van der Waals surface area contributed by atoms with E-state index in [1.807, 2.05) is 0 Å². The van der Waals surface area contributed by atoms with Gasteiger partial charge in [-0.25, -0.2) is 0 Å². The second-order valence-corrected chi connectivity index (χ2v) is 6.06. The Kier molecular flexibility index (Phi) is 2.63. The number of hydrogen-bond donors (Lipinski definition) is 1. The van der Waals surface area contributed by atoms with E-state index >= 15 is 0 Å². The van der Waals surface area contributed by atoms with Crippen LogP contribution in [0.3, 0.4) is 0 Å². The summed E-state index contributed by atoms with van der Waals surface area (Å²) in [6.45, 7) is 7.07. The molecule has 0 spiro atoms. The lowest BCUT2D eigenvalue weighted by Crippen LogP contribution is -2.49. The molecule has 2 rings (SSSR count). The fraction of sp³-hybridized carbons (Fsp3) is 1.00. The van der Waals surface area contributed by atoms with Gasteiger partial charge in [-0.2, -0.15) is 0 Å². The van der Waals surface area contributed by atoms with Crippen LogP contribution < -0.4 is 0 Å². The van der Waals surface area contributed by atoms with Crippen molar-refractivity contribution in [2.45, 2.75) is 59.0 Å². The summed E-state index contributed by atoms with van der Waals surface area (Å²) in [6, 6.07) is 0. The third-order valence-electron chi connectivity index (χ3n) is 5.02. The van der Waals surface area contributed by atoms with Gasteiger partial charge in [0.1, 0.15) is 0 Å². The molecule has 0 aromatic rings. The van der Waals surface area contributed by atoms with Gasteiger partial charge in [0.15, 0.2) is 0 Å². The molecule has 2 aliphatic rings. The summed E-state index contributed by atoms with van der Waals surface area (Å²) < 4.78 is 0. The molecule has 0 aromatic carbocycles. The first-order chi connectivity index (χ1) is 6.54. The fourth-order valence-electron chi connectivity index (χ4n) is 3.81. The Bertz CT molecular complexity index is 213. The highest BCUT2D eigenvalue weighted by molar-refractivity contribution is 4.98. The molecule has 0 amide bonds. The molecule has 0 radical (unpaired) electrons. The van der Waals surface area contributed by atoms with Crippen LogP contribution in [-0.2, 0) is 0 Å².